The third-order valence-corrected chi connectivity index (χ3v) is 5.45. The summed E-state index contributed by atoms with van der Waals surface area (Å²) in [4.78, 5) is 20.0. The first kappa shape index (κ1) is 18.7. The number of para-hydroxylation sites is 1. The van der Waals surface area contributed by atoms with Crippen LogP contribution in [0, 0.1) is 11.7 Å². The van der Waals surface area contributed by atoms with Crippen molar-refractivity contribution in [3.8, 4) is 0 Å². The standard InChI is InChI=1S/C20H19F4N3O/c21-16-11-15(20(22,23)24)12-25-18(16)26-8-5-14(6-9-26)19(28)27-10-7-13-3-1-2-4-17(13)27/h1-4,11-12,14H,5-10H2. The molecule has 8 heteroatoms. The van der Waals surface area contributed by atoms with E-state index in [1.807, 2.05) is 29.2 Å². The first-order valence-electron chi connectivity index (χ1n) is 9.21. The van der Waals surface area contributed by atoms with Crippen LogP contribution in [0.4, 0.5) is 29.1 Å². The summed E-state index contributed by atoms with van der Waals surface area (Å²) in [5.74, 6) is -1.20. The van der Waals surface area contributed by atoms with Crippen LogP contribution < -0.4 is 9.80 Å². The average Bonchev–Trinajstić information content (AvgIpc) is 3.11. The molecule has 0 saturated carbocycles. The minimum Gasteiger partial charge on any atom is -0.354 e. The maximum Gasteiger partial charge on any atom is 0.417 e. The summed E-state index contributed by atoms with van der Waals surface area (Å²) in [7, 11) is 0. The number of fused-ring (bicyclic) bond motifs is 1. The number of halogens is 4. The van der Waals surface area contributed by atoms with Crippen molar-refractivity contribution in [1.82, 2.24) is 4.98 Å². The van der Waals surface area contributed by atoms with Gasteiger partial charge in [0.1, 0.15) is 0 Å². The fraction of sp³-hybridized carbons (Fsp3) is 0.400. The third-order valence-electron chi connectivity index (χ3n) is 5.45. The van der Waals surface area contributed by atoms with Gasteiger partial charge in [0.2, 0.25) is 5.91 Å². The Morgan fingerprint density at radius 3 is 2.50 bits per heavy atom. The molecule has 28 heavy (non-hydrogen) atoms. The molecule has 4 nitrogen and oxygen atoms in total. The summed E-state index contributed by atoms with van der Waals surface area (Å²) in [6, 6.07) is 8.30. The molecule has 0 radical (unpaired) electrons. The van der Waals surface area contributed by atoms with Crippen molar-refractivity contribution < 1.29 is 22.4 Å². The number of nitrogens with zero attached hydrogens (tertiary/aromatic N) is 3. The zero-order valence-electron chi connectivity index (χ0n) is 15.0. The van der Waals surface area contributed by atoms with Gasteiger partial charge in [0.05, 0.1) is 5.56 Å². The number of piperidine rings is 1. The van der Waals surface area contributed by atoms with Crippen LogP contribution in [0.5, 0.6) is 0 Å². The number of hydrogen-bond acceptors (Lipinski definition) is 3. The van der Waals surface area contributed by atoms with Crippen molar-refractivity contribution in [3.63, 3.8) is 0 Å². The van der Waals surface area contributed by atoms with E-state index in [0.29, 0.717) is 44.7 Å². The molecule has 4 rings (SSSR count). The molecule has 2 aliphatic heterocycles. The maximum absolute atomic E-state index is 14.2. The smallest absolute Gasteiger partial charge is 0.354 e. The highest BCUT2D eigenvalue weighted by atomic mass is 19.4. The molecule has 1 amide bonds. The first-order chi connectivity index (χ1) is 13.3. The summed E-state index contributed by atoms with van der Waals surface area (Å²) >= 11 is 0. The second kappa shape index (κ2) is 7.07. The van der Waals surface area contributed by atoms with E-state index < -0.39 is 17.6 Å². The molecular formula is C20H19F4N3O. The Morgan fingerprint density at radius 1 is 1.11 bits per heavy atom. The topological polar surface area (TPSA) is 36.4 Å². The Hall–Kier alpha value is -2.64. The predicted octanol–water partition coefficient (Wildman–Crippen LogP) is 4.05. The van der Waals surface area contributed by atoms with E-state index in [1.165, 1.54) is 0 Å². The van der Waals surface area contributed by atoms with Gasteiger partial charge in [-0.3, -0.25) is 4.79 Å². The quantitative estimate of drug-likeness (QED) is 0.723. The summed E-state index contributed by atoms with van der Waals surface area (Å²) in [5.41, 5.74) is 1.00. The molecule has 2 aliphatic rings. The highest BCUT2D eigenvalue weighted by Gasteiger charge is 2.35. The van der Waals surface area contributed by atoms with Gasteiger partial charge in [0.25, 0.3) is 0 Å². The molecule has 0 bridgehead atoms. The Morgan fingerprint density at radius 2 is 1.82 bits per heavy atom. The number of hydrogen-bond donors (Lipinski definition) is 0. The Bertz CT molecular complexity index is 891. The van der Waals surface area contributed by atoms with E-state index in [-0.39, 0.29) is 17.6 Å². The summed E-state index contributed by atoms with van der Waals surface area (Å²) in [6.45, 7) is 1.41. The van der Waals surface area contributed by atoms with Crippen molar-refractivity contribution in [3.05, 3.63) is 53.5 Å². The second-order valence-corrected chi connectivity index (χ2v) is 7.16. The van der Waals surface area contributed by atoms with Gasteiger partial charge >= 0.3 is 6.18 Å². The second-order valence-electron chi connectivity index (χ2n) is 7.16. The Balaban J connectivity index is 1.42. The van der Waals surface area contributed by atoms with Crippen molar-refractivity contribution in [2.24, 2.45) is 5.92 Å². The van der Waals surface area contributed by atoms with Crippen LogP contribution in [0.25, 0.3) is 0 Å². The molecule has 2 aromatic rings. The molecule has 1 aromatic carbocycles. The molecule has 1 fully saturated rings. The largest absolute Gasteiger partial charge is 0.417 e. The third kappa shape index (κ3) is 3.43. The normalized spacial score (nSPS) is 17.7. The Labute approximate surface area is 159 Å². The van der Waals surface area contributed by atoms with Crippen LogP contribution >= 0.6 is 0 Å². The molecule has 1 aromatic heterocycles. The monoisotopic (exact) mass is 393 g/mol. The van der Waals surface area contributed by atoms with Crippen LogP contribution in [-0.4, -0.2) is 30.5 Å². The highest BCUT2D eigenvalue weighted by Crippen LogP contribution is 2.34. The first-order valence-corrected chi connectivity index (χ1v) is 9.21. The molecule has 0 N–H and O–H groups in total. The van der Waals surface area contributed by atoms with E-state index in [9.17, 15) is 22.4 Å². The van der Waals surface area contributed by atoms with E-state index in [2.05, 4.69) is 4.98 Å². The van der Waals surface area contributed by atoms with Gasteiger partial charge in [0, 0.05) is 37.4 Å². The molecule has 0 atom stereocenters. The van der Waals surface area contributed by atoms with Crippen LogP contribution in [0.2, 0.25) is 0 Å². The van der Waals surface area contributed by atoms with Crippen molar-refractivity contribution in [1.29, 1.82) is 0 Å². The maximum atomic E-state index is 14.2. The minimum absolute atomic E-state index is 0.0606. The van der Waals surface area contributed by atoms with Crippen LogP contribution in [0.15, 0.2) is 36.5 Å². The summed E-state index contributed by atoms with van der Waals surface area (Å²) in [6.07, 6.45) is -2.12. The number of amides is 1. The number of pyridine rings is 1. The van der Waals surface area contributed by atoms with Gasteiger partial charge in [-0.15, -0.1) is 0 Å². The fourth-order valence-electron chi connectivity index (χ4n) is 3.94. The number of anilines is 2. The number of carbonyl (C=O) groups is 1. The van der Waals surface area contributed by atoms with E-state index in [0.717, 1.165) is 17.7 Å². The van der Waals surface area contributed by atoms with Crippen molar-refractivity contribution >= 4 is 17.4 Å². The van der Waals surface area contributed by atoms with E-state index >= 15 is 0 Å². The van der Waals surface area contributed by atoms with E-state index in [4.69, 9.17) is 0 Å². The Kier molecular flexibility index (Phi) is 4.72. The molecule has 148 valence electrons. The zero-order chi connectivity index (χ0) is 19.9. The van der Waals surface area contributed by atoms with Crippen molar-refractivity contribution in [2.75, 3.05) is 29.4 Å². The lowest BCUT2D eigenvalue weighted by Crippen LogP contribution is -2.42. The van der Waals surface area contributed by atoms with Gasteiger partial charge in [-0.25, -0.2) is 9.37 Å². The summed E-state index contributed by atoms with van der Waals surface area (Å²) < 4.78 is 52.2. The SMILES string of the molecule is O=C(C1CCN(c2ncc(C(F)(F)F)cc2F)CC1)N1CCc2ccccc21. The van der Waals surface area contributed by atoms with Crippen molar-refractivity contribution in [2.45, 2.75) is 25.4 Å². The average molecular weight is 393 g/mol. The number of benzene rings is 1. The van der Waals surface area contributed by atoms with Crippen LogP contribution in [0.3, 0.4) is 0 Å². The molecule has 0 spiro atoms. The number of carbonyl (C=O) groups excluding carboxylic acids is 1. The van der Waals surface area contributed by atoms with Crippen LogP contribution in [-0.2, 0) is 17.4 Å². The molecule has 0 aliphatic carbocycles. The molecule has 0 unspecified atom stereocenters. The minimum atomic E-state index is -4.63. The van der Waals surface area contributed by atoms with Gasteiger partial charge in [-0.2, -0.15) is 13.2 Å². The number of aromatic nitrogens is 1. The lowest BCUT2D eigenvalue weighted by molar-refractivity contribution is -0.138. The van der Waals surface area contributed by atoms with Gasteiger partial charge in [-0.05, 0) is 37.0 Å². The zero-order valence-corrected chi connectivity index (χ0v) is 15.0. The number of alkyl halides is 3. The lowest BCUT2D eigenvalue weighted by atomic mass is 9.95. The van der Waals surface area contributed by atoms with Gasteiger partial charge in [0.15, 0.2) is 11.6 Å². The van der Waals surface area contributed by atoms with E-state index in [1.54, 1.807) is 4.90 Å². The van der Waals surface area contributed by atoms with Gasteiger partial charge in [-0.1, -0.05) is 18.2 Å². The molecule has 3 heterocycles. The lowest BCUT2D eigenvalue weighted by Gasteiger charge is -2.34. The van der Waals surface area contributed by atoms with Gasteiger partial charge < -0.3 is 9.80 Å². The van der Waals surface area contributed by atoms with Crippen LogP contribution in [0.1, 0.15) is 24.0 Å². The fourth-order valence-corrected chi connectivity index (χ4v) is 3.94. The number of rotatable bonds is 2. The highest BCUT2D eigenvalue weighted by molar-refractivity contribution is 5.97. The molecule has 1 saturated heterocycles. The summed E-state index contributed by atoms with van der Waals surface area (Å²) in [5, 5.41) is 0. The molecular weight excluding hydrogens is 374 g/mol. The predicted molar refractivity (Wildman–Crippen MR) is 96.6 cm³/mol.